The van der Waals surface area contributed by atoms with Crippen LogP contribution in [0.3, 0.4) is 0 Å². The van der Waals surface area contributed by atoms with Crippen LogP contribution >= 0.6 is 23.2 Å². The van der Waals surface area contributed by atoms with E-state index in [1.165, 1.54) is 18.2 Å². The summed E-state index contributed by atoms with van der Waals surface area (Å²) in [7, 11) is -3.65. The van der Waals surface area contributed by atoms with Gasteiger partial charge in [0.15, 0.2) is 0 Å². The lowest BCUT2D eigenvalue weighted by atomic mass is 10.2. The lowest BCUT2D eigenvalue weighted by molar-refractivity contribution is -0.120. The summed E-state index contributed by atoms with van der Waals surface area (Å²) in [6.45, 7) is 3.44. The van der Waals surface area contributed by atoms with Gasteiger partial charge in [0.25, 0.3) is 0 Å². The first kappa shape index (κ1) is 18.1. The van der Waals surface area contributed by atoms with Gasteiger partial charge in [0.2, 0.25) is 15.9 Å². The minimum Gasteiger partial charge on any atom is -0.352 e. The molecular formula is C13H18Cl2N2O3S. The topological polar surface area (TPSA) is 66.5 Å². The number of amides is 1. The summed E-state index contributed by atoms with van der Waals surface area (Å²) in [5.41, 5.74) is 0.225. The molecule has 0 spiro atoms. The van der Waals surface area contributed by atoms with Gasteiger partial charge in [-0.25, -0.2) is 8.42 Å². The molecule has 0 aromatic heterocycles. The van der Waals surface area contributed by atoms with Gasteiger partial charge in [-0.15, -0.1) is 0 Å². The van der Waals surface area contributed by atoms with Crippen molar-refractivity contribution in [2.45, 2.75) is 26.3 Å². The van der Waals surface area contributed by atoms with E-state index in [4.69, 9.17) is 23.2 Å². The first-order valence-electron chi connectivity index (χ1n) is 6.37. The number of rotatable bonds is 6. The van der Waals surface area contributed by atoms with Crippen LogP contribution < -0.4 is 9.62 Å². The van der Waals surface area contributed by atoms with Gasteiger partial charge in [-0.05, 0) is 31.5 Å². The lowest BCUT2D eigenvalue weighted by Gasteiger charge is -2.23. The molecule has 1 amide bonds. The van der Waals surface area contributed by atoms with Crippen molar-refractivity contribution in [2.24, 2.45) is 0 Å². The zero-order valence-electron chi connectivity index (χ0n) is 12.1. The Balaban J connectivity index is 3.05. The predicted molar refractivity (Wildman–Crippen MR) is 86.5 cm³/mol. The predicted octanol–water partition coefficient (Wildman–Crippen LogP) is 2.67. The van der Waals surface area contributed by atoms with E-state index in [1.54, 1.807) is 0 Å². The SMILES string of the molecule is CCC(C)NC(=O)CN(c1ccc(Cl)cc1Cl)S(C)(=O)=O. The number of anilines is 1. The average molecular weight is 353 g/mol. The molecular weight excluding hydrogens is 335 g/mol. The summed E-state index contributed by atoms with van der Waals surface area (Å²) >= 11 is 11.8. The second kappa shape index (κ2) is 7.33. The van der Waals surface area contributed by atoms with Gasteiger partial charge in [-0.2, -0.15) is 0 Å². The number of hydrogen-bond acceptors (Lipinski definition) is 3. The molecule has 0 bridgehead atoms. The van der Waals surface area contributed by atoms with E-state index in [9.17, 15) is 13.2 Å². The maximum atomic E-state index is 11.9. The quantitative estimate of drug-likeness (QED) is 0.855. The minimum atomic E-state index is -3.65. The molecule has 21 heavy (non-hydrogen) atoms. The largest absolute Gasteiger partial charge is 0.352 e. The Morgan fingerprint density at radius 3 is 2.48 bits per heavy atom. The Kier molecular flexibility index (Phi) is 6.31. The molecule has 0 aliphatic rings. The number of sulfonamides is 1. The Morgan fingerprint density at radius 2 is 2.00 bits per heavy atom. The molecule has 0 aliphatic carbocycles. The van der Waals surface area contributed by atoms with E-state index < -0.39 is 10.0 Å². The highest BCUT2D eigenvalue weighted by Crippen LogP contribution is 2.30. The second-order valence-corrected chi connectivity index (χ2v) is 7.49. The third kappa shape index (κ3) is 5.37. The van der Waals surface area contributed by atoms with Crippen LogP contribution in [-0.2, 0) is 14.8 Å². The standard InChI is InChI=1S/C13H18Cl2N2O3S/c1-4-9(2)16-13(18)8-17(21(3,19)20)12-6-5-10(14)7-11(12)15/h5-7,9H,4,8H2,1-3H3,(H,16,18). The number of halogens is 2. The maximum absolute atomic E-state index is 11.9. The average Bonchev–Trinajstić information content (AvgIpc) is 2.35. The fourth-order valence-corrected chi connectivity index (χ4v) is 3.05. The zero-order chi connectivity index (χ0) is 16.2. The van der Waals surface area contributed by atoms with E-state index in [-0.39, 0.29) is 29.2 Å². The van der Waals surface area contributed by atoms with Gasteiger partial charge in [0.05, 0.1) is 17.0 Å². The summed E-state index contributed by atoms with van der Waals surface area (Å²) in [4.78, 5) is 11.9. The van der Waals surface area contributed by atoms with Gasteiger partial charge < -0.3 is 5.32 Å². The highest BCUT2D eigenvalue weighted by molar-refractivity contribution is 7.92. The molecule has 0 fully saturated rings. The Hall–Kier alpha value is -0.980. The highest BCUT2D eigenvalue weighted by Gasteiger charge is 2.23. The van der Waals surface area contributed by atoms with Crippen molar-refractivity contribution in [1.29, 1.82) is 0 Å². The van der Waals surface area contributed by atoms with E-state index in [0.29, 0.717) is 5.02 Å². The van der Waals surface area contributed by atoms with Gasteiger partial charge in [0.1, 0.15) is 6.54 Å². The molecule has 0 saturated carbocycles. The monoisotopic (exact) mass is 352 g/mol. The second-order valence-electron chi connectivity index (χ2n) is 4.74. The molecule has 1 aromatic rings. The number of nitrogens with zero attached hydrogens (tertiary/aromatic N) is 1. The van der Waals surface area contributed by atoms with Crippen LogP contribution in [0.15, 0.2) is 18.2 Å². The third-order valence-corrected chi connectivity index (χ3v) is 4.55. The van der Waals surface area contributed by atoms with Crippen molar-refractivity contribution in [3.8, 4) is 0 Å². The van der Waals surface area contributed by atoms with E-state index in [1.807, 2.05) is 13.8 Å². The number of carbonyl (C=O) groups is 1. The summed E-state index contributed by atoms with van der Waals surface area (Å²) < 4.78 is 24.8. The van der Waals surface area contributed by atoms with Crippen molar-refractivity contribution in [3.05, 3.63) is 28.2 Å². The van der Waals surface area contributed by atoms with Crippen LogP contribution in [0.1, 0.15) is 20.3 Å². The molecule has 118 valence electrons. The van der Waals surface area contributed by atoms with E-state index in [0.717, 1.165) is 17.0 Å². The fourth-order valence-electron chi connectivity index (χ4n) is 1.62. The lowest BCUT2D eigenvalue weighted by Crippen LogP contribution is -2.43. The normalized spacial score (nSPS) is 12.8. The van der Waals surface area contributed by atoms with Crippen LogP contribution in [-0.4, -0.2) is 33.2 Å². The number of nitrogens with one attached hydrogen (secondary N) is 1. The zero-order valence-corrected chi connectivity index (χ0v) is 14.4. The molecule has 5 nitrogen and oxygen atoms in total. The van der Waals surface area contributed by atoms with Crippen molar-refractivity contribution >= 4 is 44.8 Å². The molecule has 1 atom stereocenters. The molecule has 0 aliphatic heterocycles. The van der Waals surface area contributed by atoms with Crippen LogP contribution in [0.25, 0.3) is 0 Å². The highest BCUT2D eigenvalue weighted by atomic mass is 35.5. The van der Waals surface area contributed by atoms with Gasteiger partial charge in [-0.3, -0.25) is 9.10 Å². The molecule has 0 heterocycles. The fraction of sp³-hybridized carbons (Fsp3) is 0.462. The minimum absolute atomic E-state index is 0.0281. The van der Waals surface area contributed by atoms with Crippen molar-refractivity contribution < 1.29 is 13.2 Å². The van der Waals surface area contributed by atoms with Crippen molar-refractivity contribution in [1.82, 2.24) is 5.32 Å². The molecule has 1 aromatic carbocycles. The van der Waals surface area contributed by atoms with Crippen molar-refractivity contribution in [3.63, 3.8) is 0 Å². The smallest absolute Gasteiger partial charge is 0.240 e. The van der Waals surface area contributed by atoms with Crippen LogP contribution in [0.2, 0.25) is 10.0 Å². The number of hydrogen-bond donors (Lipinski definition) is 1. The Morgan fingerprint density at radius 1 is 1.38 bits per heavy atom. The molecule has 8 heteroatoms. The van der Waals surface area contributed by atoms with Crippen molar-refractivity contribution in [2.75, 3.05) is 17.1 Å². The number of carbonyl (C=O) groups excluding carboxylic acids is 1. The summed E-state index contributed by atoms with van der Waals surface area (Å²) in [5.74, 6) is -0.388. The van der Waals surface area contributed by atoms with E-state index >= 15 is 0 Å². The van der Waals surface area contributed by atoms with Crippen LogP contribution in [0.4, 0.5) is 5.69 Å². The maximum Gasteiger partial charge on any atom is 0.240 e. The van der Waals surface area contributed by atoms with Gasteiger partial charge >= 0.3 is 0 Å². The Labute approximate surface area is 135 Å². The molecule has 0 saturated heterocycles. The first-order chi connectivity index (χ1) is 9.65. The summed E-state index contributed by atoms with van der Waals surface area (Å²) in [6, 6.07) is 4.40. The molecule has 0 radical (unpaired) electrons. The van der Waals surface area contributed by atoms with Crippen LogP contribution in [0, 0.1) is 0 Å². The molecule has 1 unspecified atom stereocenters. The van der Waals surface area contributed by atoms with Gasteiger partial charge in [-0.1, -0.05) is 30.1 Å². The molecule has 1 N–H and O–H groups in total. The van der Waals surface area contributed by atoms with Gasteiger partial charge in [0, 0.05) is 11.1 Å². The molecule has 1 rings (SSSR count). The third-order valence-electron chi connectivity index (χ3n) is 2.89. The first-order valence-corrected chi connectivity index (χ1v) is 8.97. The van der Waals surface area contributed by atoms with E-state index in [2.05, 4.69) is 5.32 Å². The Bertz CT molecular complexity index is 620. The summed E-state index contributed by atoms with van der Waals surface area (Å²) in [6.07, 6.45) is 1.78. The number of benzene rings is 1. The summed E-state index contributed by atoms with van der Waals surface area (Å²) in [5, 5.41) is 3.28. The van der Waals surface area contributed by atoms with Crippen LogP contribution in [0.5, 0.6) is 0 Å².